The van der Waals surface area contributed by atoms with Crippen LogP contribution in [0.5, 0.6) is 11.5 Å². The van der Waals surface area contributed by atoms with Crippen molar-refractivity contribution in [2.45, 2.75) is 18.9 Å². The van der Waals surface area contributed by atoms with Gasteiger partial charge in [-0.25, -0.2) is 9.82 Å². The monoisotopic (exact) mass is 506 g/mol. The largest absolute Gasteiger partial charge is 0.493 e. The molecule has 1 saturated carbocycles. The molecule has 0 bridgehead atoms. The normalized spacial score (nSPS) is 12.8. The lowest BCUT2D eigenvalue weighted by Crippen LogP contribution is -2.38. The molecule has 3 rings (SSSR count). The Labute approximate surface area is 191 Å². The van der Waals surface area contributed by atoms with Gasteiger partial charge in [-0.15, -0.1) is 0 Å². The maximum absolute atomic E-state index is 12.9. The molecular formula is C21H20BrFN4O5. The van der Waals surface area contributed by atoms with Crippen molar-refractivity contribution in [2.75, 3.05) is 19.0 Å². The molecule has 9 nitrogen and oxygen atoms in total. The molecule has 0 aliphatic heterocycles. The molecular weight excluding hydrogens is 487 g/mol. The molecule has 1 aliphatic carbocycles. The van der Waals surface area contributed by atoms with Gasteiger partial charge >= 0.3 is 11.8 Å². The number of anilines is 1. The third-order valence-corrected chi connectivity index (χ3v) is 4.81. The number of halogens is 2. The molecule has 3 amide bonds. The van der Waals surface area contributed by atoms with E-state index in [2.05, 4.69) is 37.1 Å². The van der Waals surface area contributed by atoms with Gasteiger partial charge in [0.25, 0.3) is 5.91 Å². The van der Waals surface area contributed by atoms with Crippen molar-refractivity contribution in [3.8, 4) is 11.5 Å². The van der Waals surface area contributed by atoms with Crippen LogP contribution in [0.4, 0.5) is 10.1 Å². The summed E-state index contributed by atoms with van der Waals surface area (Å²) in [5.74, 6) is -1.83. The highest BCUT2D eigenvalue weighted by molar-refractivity contribution is 9.10. The van der Waals surface area contributed by atoms with E-state index in [0.717, 1.165) is 12.8 Å². The molecule has 0 radical (unpaired) electrons. The molecule has 2 aromatic carbocycles. The summed E-state index contributed by atoms with van der Waals surface area (Å²) in [6.07, 6.45) is 3.08. The predicted molar refractivity (Wildman–Crippen MR) is 118 cm³/mol. The molecule has 0 unspecified atom stereocenters. The van der Waals surface area contributed by atoms with E-state index in [-0.39, 0.29) is 18.4 Å². The number of nitrogens with one attached hydrogen (secondary N) is 3. The molecule has 2 aromatic rings. The second kappa shape index (κ2) is 10.7. The summed E-state index contributed by atoms with van der Waals surface area (Å²) in [6, 6.07) is 8.63. The van der Waals surface area contributed by atoms with Crippen molar-refractivity contribution in [3.05, 3.63) is 52.3 Å². The molecule has 0 aromatic heterocycles. The number of nitrogens with zero attached hydrogens (tertiary/aromatic N) is 1. The molecule has 1 fully saturated rings. The molecule has 0 saturated heterocycles. The van der Waals surface area contributed by atoms with E-state index in [1.54, 1.807) is 12.1 Å². The quantitative estimate of drug-likeness (QED) is 0.288. The van der Waals surface area contributed by atoms with E-state index in [9.17, 15) is 18.8 Å². The van der Waals surface area contributed by atoms with Gasteiger partial charge in [0, 0.05) is 11.7 Å². The van der Waals surface area contributed by atoms with E-state index < -0.39 is 23.5 Å². The Bertz CT molecular complexity index is 1040. The van der Waals surface area contributed by atoms with Crippen LogP contribution in [0.3, 0.4) is 0 Å². The number of carbonyl (C=O) groups is 3. The van der Waals surface area contributed by atoms with Crippen LogP contribution in [-0.4, -0.2) is 43.7 Å². The van der Waals surface area contributed by atoms with Gasteiger partial charge in [0.05, 0.1) is 17.8 Å². The second-order valence-corrected chi connectivity index (χ2v) is 7.68. The summed E-state index contributed by atoms with van der Waals surface area (Å²) >= 11 is 3.35. The summed E-state index contributed by atoms with van der Waals surface area (Å²) < 4.78 is 24.3. The maximum atomic E-state index is 12.9. The van der Waals surface area contributed by atoms with Gasteiger partial charge in [-0.1, -0.05) is 0 Å². The molecule has 168 valence electrons. The third kappa shape index (κ3) is 6.77. The minimum absolute atomic E-state index is 0.0720. The summed E-state index contributed by atoms with van der Waals surface area (Å²) in [6.45, 7) is -0.314. The SMILES string of the molecule is COc1cc(/C=N\NC(=O)C(=O)NC2CC2)cc(Br)c1OCC(=O)Nc1ccc(F)cc1. The zero-order chi connectivity index (χ0) is 23.1. The Morgan fingerprint density at radius 2 is 1.91 bits per heavy atom. The van der Waals surface area contributed by atoms with Crippen LogP contribution < -0.4 is 25.5 Å². The first-order chi connectivity index (χ1) is 15.4. The zero-order valence-corrected chi connectivity index (χ0v) is 18.6. The average molecular weight is 507 g/mol. The van der Waals surface area contributed by atoms with Gasteiger partial charge in [0.15, 0.2) is 18.1 Å². The number of carbonyl (C=O) groups excluding carboxylic acids is 3. The molecule has 0 spiro atoms. The molecule has 32 heavy (non-hydrogen) atoms. The van der Waals surface area contributed by atoms with Gasteiger partial charge in [-0.05, 0) is 70.7 Å². The van der Waals surface area contributed by atoms with Gasteiger partial charge in [0.1, 0.15) is 5.82 Å². The number of hydrazone groups is 1. The van der Waals surface area contributed by atoms with Crippen molar-refractivity contribution in [1.82, 2.24) is 10.7 Å². The highest BCUT2D eigenvalue weighted by Gasteiger charge is 2.26. The second-order valence-electron chi connectivity index (χ2n) is 6.82. The smallest absolute Gasteiger partial charge is 0.329 e. The fraction of sp³-hybridized carbons (Fsp3) is 0.238. The van der Waals surface area contributed by atoms with Crippen LogP contribution in [0.2, 0.25) is 0 Å². The van der Waals surface area contributed by atoms with Gasteiger partial charge in [-0.2, -0.15) is 5.10 Å². The topological polar surface area (TPSA) is 118 Å². The minimum atomic E-state index is -0.855. The minimum Gasteiger partial charge on any atom is -0.493 e. The first-order valence-electron chi connectivity index (χ1n) is 9.55. The van der Waals surface area contributed by atoms with Crippen LogP contribution >= 0.6 is 15.9 Å². The number of hydrogen-bond acceptors (Lipinski definition) is 6. The predicted octanol–water partition coefficient (Wildman–Crippen LogP) is 2.34. The zero-order valence-electron chi connectivity index (χ0n) is 17.0. The summed E-state index contributed by atoms with van der Waals surface area (Å²) in [7, 11) is 1.43. The van der Waals surface area contributed by atoms with Crippen molar-refractivity contribution in [2.24, 2.45) is 5.10 Å². The first kappa shape index (κ1) is 23.2. The van der Waals surface area contributed by atoms with Gasteiger partial charge < -0.3 is 20.1 Å². The van der Waals surface area contributed by atoms with Crippen molar-refractivity contribution in [1.29, 1.82) is 0 Å². The Morgan fingerprint density at radius 3 is 2.56 bits per heavy atom. The Kier molecular flexibility index (Phi) is 7.77. The van der Waals surface area contributed by atoms with Crippen molar-refractivity contribution >= 4 is 45.6 Å². The fourth-order valence-corrected chi connectivity index (χ4v) is 3.09. The van der Waals surface area contributed by atoms with Crippen LogP contribution in [0.25, 0.3) is 0 Å². The Morgan fingerprint density at radius 1 is 1.19 bits per heavy atom. The Hall–Kier alpha value is -3.47. The molecule has 1 aliphatic rings. The van der Waals surface area contributed by atoms with Crippen molar-refractivity contribution in [3.63, 3.8) is 0 Å². The van der Waals surface area contributed by atoms with Gasteiger partial charge in [-0.3, -0.25) is 14.4 Å². The Balaban J connectivity index is 1.57. The van der Waals surface area contributed by atoms with Gasteiger partial charge in [0.2, 0.25) is 0 Å². The highest BCUT2D eigenvalue weighted by atomic mass is 79.9. The number of ether oxygens (including phenoxy) is 2. The average Bonchev–Trinajstić information content (AvgIpc) is 3.58. The number of rotatable bonds is 8. The number of amides is 3. The van der Waals surface area contributed by atoms with E-state index >= 15 is 0 Å². The summed E-state index contributed by atoms with van der Waals surface area (Å²) in [4.78, 5) is 35.4. The van der Waals surface area contributed by atoms with E-state index in [1.807, 2.05) is 0 Å². The number of methoxy groups -OCH3 is 1. The lowest BCUT2D eigenvalue weighted by molar-refractivity contribution is -0.139. The molecule has 11 heteroatoms. The first-order valence-corrected chi connectivity index (χ1v) is 10.3. The summed E-state index contributed by atoms with van der Waals surface area (Å²) in [5.41, 5.74) is 3.13. The molecule has 0 atom stereocenters. The van der Waals surface area contributed by atoms with Crippen LogP contribution in [0.15, 0.2) is 46.0 Å². The number of benzene rings is 2. The van der Waals surface area contributed by atoms with Crippen LogP contribution in [0, 0.1) is 5.82 Å². The number of hydrogen-bond donors (Lipinski definition) is 3. The lowest BCUT2D eigenvalue weighted by atomic mass is 10.2. The molecule has 0 heterocycles. The lowest BCUT2D eigenvalue weighted by Gasteiger charge is -2.13. The fourth-order valence-electron chi connectivity index (χ4n) is 2.52. The van der Waals surface area contributed by atoms with E-state index in [4.69, 9.17) is 9.47 Å². The maximum Gasteiger partial charge on any atom is 0.329 e. The third-order valence-electron chi connectivity index (χ3n) is 4.23. The van der Waals surface area contributed by atoms with Crippen LogP contribution in [-0.2, 0) is 14.4 Å². The van der Waals surface area contributed by atoms with E-state index in [1.165, 1.54) is 37.6 Å². The van der Waals surface area contributed by atoms with Crippen LogP contribution in [0.1, 0.15) is 18.4 Å². The van der Waals surface area contributed by atoms with Crippen molar-refractivity contribution < 1.29 is 28.2 Å². The highest BCUT2D eigenvalue weighted by Crippen LogP contribution is 2.36. The summed E-state index contributed by atoms with van der Waals surface area (Å²) in [5, 5.41) is 8.92. The van der Waals surface area contributed by atoms with E-state index in [0.29, 0.717) is 21.5 Å². The standard InChI is InChI=1S/C21H20BrFN4O5/c1-31-17-9-12(10-24-27-21(30)20(29)26-15-6-7-15)8-16(22)19(17)32-11-18(28)25-14-4-2-13(23)3-5-14/h2-5,8-10,15H,6-7,11H2,1H3,(H,25,28)(H,26,29)(H,27,30)/b24-10-. The molecule has 3 N–H and O–H groups in total.